The largest absolute Gasteiger partial charge is 0.396 e. The van der Waals surface area contributed by atoms with Crippen LogP contribution in [0.3, 0.4) is 0 Å². The van der Waals surface area contributed by atoms with Gasteiger partial charge in [0.1, 0.15) is 6.23 Å². The fourth-order valence-electron chi connectivity index (χ4n) is 1.26. The first-order valence-electron chi connectivity index (χ1n) is 6.18. The molecule has 19 heavy (non-hydrogen) atoms. The molecule has 0 spiro atoms. The van der Waals surface area contributed by atoms with E-state index in [1.807, 2.05) is 12.1 Å². The van der Waals surface area contributed by atoms with Gasteiger partial charge >= 0.3 is 0 Å². The Bertz CT molecular complexity index is 288. The number of hydrogen-bond donors (Lipinski definition) is 3. The van der Waals surface area contributed by atoms with Gasteiger partial charge in [0.15, 0.2) is 0 Å². The van der Waals surface area contributed by atoms with Crippen molar-refractivity contribution in [2.75, 3.05) is 39.6 Å². The molecule has 0 rings (SSSR count). The van der Waals surface area contributed by atoms with Crippen molar-refractivity contribution in [1.82, 2.24) is 5.32 Å². The molecule has 0 aliphatic carbocycles. The molecule has 0 aromatic carbocycles. The van der Waals surface area contributed by atoms with Crippen molar-refractivity contribution in [2.45, 2.75) is 19.1 Å². The van der Waals surface area contributed by atoms with Crippen LogP contribution in [0, 0.1) is 28.6 Å². The maximum absolute atomic E-state index is 9.74. The topological polar surface area (TPSA) is 119 Å². The number of aliphatic hydroxyl groups excluding tert-OH is 2. The highest BCUT2D eigenvalue weighted by Gasteiger charge is 2.17. The summed E-state index contributed by atoms with van der Waals surface area (Å²) in [6, 6.07) is 3.90. The van der Waals surface area contributed by atoms with Crippen molar-refractivity contribution in [2.24, 2.45) is 5.92 Å². The maximum atomic E-state index is 9.74. The van der Waals surface area contributed by atoms with Gasteiger partial charge in [-0.1, -0.05) is 0 Å². The second-order valence-electron chi connectivity index (χ2n) is 3.85. The molecule has 0 aliphatic heterocycles. The molecule has 7 nitrogen and oxygen atoms in total. The van der Waals surface area contributed by atoms with Crippen LogP contribution >= 0.6 is 0 Å². The lowest BCUT2D eigenvalue weighted by Gasteiger charge is -2.21. The van der Waals surface area contributed by atoms with E-state index >= 15 is 0 Å². The van der Waals surface area contributed by atoms with E-state index in [9.17, 15) is 5.11 Å². The Morgan fingerprint density at radius 3 is 2.26 bits per heavy atom. The number of ether oxygens (including phenoxy) is 2. The van der Waals surface area contributed by atoms with Gasteiger partial charge in [0, 0.05) is 12.5 Å². The van der Waals surface area contributed by atoms with Gasteiger partial charge in [-0.15, -0.1) is 0 Å². The number of nitriles is 2. The Morgan fingerprint density at radius 1 is 1.05 bits per heavy atom. The molecule has 2 atom stereocenters. The standard InChI is InChI=1S/C12H21N3O4/c13-3-1-6-18-8-5-15-12(17)11(9-16)10-19-7-2-4-14/h11-12,15-17H,1-2,5-10H2. The molecule has 0 fully saturated rings. The zero-order chi connectivity index (χ0) is 14.3. The molecule has 0 saturated carbocycles. The van der Waals surface area contributed by atoms with Gasteiger partial charge in [-0.05, 0) is 0 Å². The molecule has 2 unspecified atom stereocenters. The molecule has 0 bridgehead atoms. The molecule has 0 radical (unpaired) electrons. The van der Waals surface area contributed by atoms with Crippen molar-refractivity contribution in [3.8, 4) is 12.1 Å². The van der Waals surface area contributed by atoms with E-state index in [4.69, 9.17) is 25.1 Å². The van der Waals surface area contributed by atoms with E-state index in [-0.39, 0.29) is 26.2 Å². The molecule has 0 aromatic rings. The fraction of sp³-hybridized carbons (Fsp3) is 0.833. The minimum Gasteiger partial charge on any atom is -0.396 e. The third-order valence-electron chi connectivity index (χ3n) is 2.33. The predicted octanol–water partition coefficient (Wildman–Crippen LogP) is -0.637. The van der Waals surface area contributed by atoms with E-state index in [0.29, 0.717) is 26.2 Å². The van der Waals surface area contributed by atoms with Crippen LogP contribution < -0.4 is 5.32 Å². The predicted molar refractivity (Wildman–Crippen MR) is 66.7 cm³/mol. The summed E-state index contributed by atoms with van der Waals surface area (Å²) < 4.78 is 10.3. The number of nitrogens with zero attached hydrogens (tertiary/aromatic N) is 2. The Morgan fingerprint density at radius 2 is 1.68 bits per heavy atom. The molecular formula is C12H21N3O4. The second kappa shape index (κ2) is 13.2. The van der Waals surface area contributed by atoms with Crippen LogP contribution in [0.4, 0.5) is 0 Å². The van der Waals surface area contributed by atoms with E-state index < -0.39 is 12.1 Å². The van der Waals surface area contributed by atoms with Crippen LogP contribution in [0.5, 0.6) is 0 Å². The van der Waals surface area contributed by atoms with Crippen molar-refractivity contribution in [3.05, 3.63) is 0 Å². The van der Waals surface area contributed by atoms with Gasteiger partial charge in [0.05, 0.1) is 58.0 Å². The molecule has 108 valence electrons. The van der Waals surface area contributed by atoms with E-state index in [2.05, 4.69) is 5.32 Å². The molecule has 0 aliphatic rings. The highest BCUT2D eigenvalue weighted by molar-refractivity contribution is 4.70. The number of aliphatic hydroxyl groups is 2. The summed E-state index contributed by atoms with van der Waals surface area (Å²) in [6.45, 7) is 1.43. The molecule has 0 aromatic heterocycles. The number of nitrogens with one attached hydrogen (secondary N) is 1. The Balaban J connectivity index is 3.61. The van der Waals surface area contributed by atoms with E-state index in [0.717, 1.165) is 0 Å². The van der Waals surface area contributed by atoms with Crippen LogP contribution in [0.2, 0.25) is 0 Å². The normalized spacial score (nSPS) is 13.5. The fourth-order valence-corrected chi connectivity index (χ4v) is 1.26. The van der Waals surface area contributed by atoms with Crippen molar-refractivity contribution in [1.29, 1.82) is 10.5 Å². The van der Waals surface area contributed by atoms with Gasteiger partial charge < -0.3 is 19.7 Å². The van der Waals surface area contributed by atoms with Gasteiger partial charge in [-0.3, -0.25) is 5.32 Å². The van der Waals surface area contributed by atoms with Crippen LogP contribution in [-0.4, -0.2) is 56.0 Å². The number of rotatable bonds is 12. The maximum Gasteiger partial charge on any atom is 0.112 e. The van der Waals surface area contributed by atoms with Gasteiger partial charge in [0.2, 0.25) is 0 Å². The average Bonchev–Trinajstić information content (AvgIpc) is 2.42. The third kappa shape index (κ3) is 10.4. The third-order valence-corrected chi connectivity index (χ3v) is 2.33. The van der Waals surface area contributed by atoms with Crippen molar-refractivity contribution in [3.63, 3.8) is 0 Å². The SMILES string of the molecule is N#CCCOCCNC(O)C(CO)COCCC#N. The summed E-state index contributed by atoms with van der Waals surface area (Å²) >= 11 is 0. The van der Waals surface area contributed by atoms with Gasteiger partial charge in [-0.25, -0.2) is 0 Å². The Hall–Kier alpha value is -1.22. The summed E-state index contributed by atoms with van der Waals surface area (Å²) in [4.78, 5) is 0. The summed E-state index contributed by atoms with van der Waals surface area (Å²) in [5.74, 6) is -0.446. The van der Waals surface area contributed by atoms with Crippen LogP contribution in [0.15, 0.2) is 0 Å². The van der Waals surface area contributed by atoms with Gasteiger partial charge in [0.25, 0.3) is 0 Å². The molecule has 0 amide bonds. The Kier molecular flexibility index (Phi) is 12.4. The lowest BCUT2D eigenvalue weighted by molar-refractivity contribution is -0.0155. The minimum absolute atomic E-state index is 0.182. The van der Waals surface area contributed by atoms with Crippen molar-refractivity contribution < 1.29 is 19.7 Å². The highest BCUT2D eigenvalue weighted by atomic mass is 16.5. The number of hydrogen-bond acceptors (Lipinski definition) is 7. The van der Waals surface area contributed by atoms with Crippen molar-refractivity contribution >= 4 is 0 Å². The lowest BCUT2D eigenvalue weighted by Crippen LogP contribution is -2.41. The van der Waals surface area contributed by atoms with E-state index in [1.165, 1.54) is 0 Å². The molecule has 3 N–H and O–H groups in total. The summed E-state index contributed by atoms with van der Waals surface area (Å²) in [7, 11) is 0. The van der Waals surface area contributed by atoms with Crippen LogP contribution in [0.1, 0.15) is 12.8 Å². The Labute approximate surface area is 113 Å². The zero-order valence-corrected chi connectivity index (χ0v) is 10.9. The molecule has 0 saturated heterocycles. The van der Waals surface area contributed by atoms with Crippen LogP contribution in [-0.2, 0) is 9.47 Å². The lowest BCUT2D eigenvalue weighted by atomic mass is 10.1. The molecule has 7 heteroatoms. The summed E-state index contributed by atoms with van der Waals surface area (Å²) in [5, 5.41) is 38.3. The zero-order valence-electron chi connectivity index (χ0n) is 10.9. The smallest absolute Gasteiger partial charge is 0.112 e. The minimum atomic E-state index is -0.897. The molecular weight excluding hydrogens is 250 g/mol. The monoisotopic (exact) mass is 271 g/mol. The van der Waals surface area contributed by atoms with Gasteiger partial charge in [-0.2, -0.15) is 10.5 Å². The second-order valence-corrected chi connectivity index (χ2v) is 3.85. The highest BCUT2D eigenvalue weighted by Crippen LogP contribution is 2.02. The molecule has 0 heterocycles. The quantitative estimate of drug-likeness (QED) is 0.319. The van der Waals surface area contributed by atoms with Crippen LogP contribution in [0.25, 0.3) is 0 Å². The first-order chi connectivity index (χ1) is 9.26. The van der Waals surface area contributed by atoms with E-state index in [1.54, 1.807) is 0 Å². The first-order valence-corrected chi connectivity index (χ1v) is 6.18. The average molecular weight is 271 g/mol. The first kappa shape index (κ1) is 17.8. The summed E-state index contributed by atoms with van der Waals surface area (Å²) in [5.41, 5.74) is 0. The summed E-state index contributed by atoms with van der Waals surface area (Å²) in [6.07, 6.45) is -0.269.